The summed E-state index contributed by atoms with van der Waals surface area (Å²) in [5.41, 5.74) is 1.31. The van der Waals surface area contributed by atoms with Crippen molar-refractivity contribution in [3.05, 3.63) is 24.2 Å². The van der Waals surface area contributed by atoms with Crippen LogP contribution in [0.5, 0.6) is 0 Å². The maximum Gasteiger partial charge on any atom is 0.0947 e. The Morgan fingerprint density at radius 2 is 2.12 bits per heavy atom. The molecule has 0 aliphatic carbocycles. The first-order chi connectivity index (χ1) is 8.42. The molecule has 3 nitrogen and oxygen atoms in total. The first-order valence-corrected chi connectivity index (χ1v) is 6.89. The Balaban J connectivity index is 1.62. The maximum atomic E-state index is 5.16. The second kappa shape index (κ2) is 5.23. The quantitative estimate of drug-likeness (QED) is 0.783. The molecule has 0 radical (unpaired) electrons. The van der Waals surface area contributed by atoms with Crippen molar-refractivity contribution in [3.8, 4) is 0 Å². The molecule has 3 heterocycles. The zero-order valence-electron chi connectivity index (χ0n) is 10.5. The van der Waals surface area contributed by atoms with Gasteiger partial charge < -0.3 is 4.42 Å². The summed E-state index contributed by atoms with van der Waals surface area (Å²) in [6, 6.07) is 2.89. The van der Waals surface area contributed by atoms with Crippen molar-refractivity contribution in [2.45, 2.75) is 38.3 Å². The van der Waals surface area contributed by atoms with E-state index < -0.39 is 0 Å². The molecule has 2 saturated heterocycles. The molecule has 2 aliphatic rings. The van der Waals surface area contributed by atoms with Crippen LogP contribution in [-0.2, 0) is 6.54 Å². The zero-order valence-corrected chi connectivity index (χ0v) is 10.5. The van der Waals surface area contributed by atoms with Gasteiger partial charge in [-0.2, -0.15) is 0 Å². The molecule has 2 fully saturated rings. The lowest BCUT2D eigenvalue weighted by molar-refractivity contribution is 0.135. The second-order valence-corrected chi connectivity index (χ2v) is 5.41. The third-order valence-electron chi connectivity index (χ3n) is 4.12. The molecule has 0 bridgehead atoms. The van der Waals surface area contributed by atoms with Crippen molar-refractivity contribution in [1.29, 1.82) is 0 Å². The monoisotopic (exact) mass is 234 g/mol. The fraction of sp³-hybridized carbons (Fsp3) is 0.714. The largest absolute Gasteiger partial charge is 0.472 e. The summed E-state index contributed by atoms with van der Waals surface area (Å²) in [7, 11) is 0. The lowest BCUT2D eigenvalue weighted by atomic mass is 10.0. The topological polar surface area (TPSA) is 19.6 Å². The van der Waals surface area contributed by atoms with E-state index in [1.165, 1.54) is 57.4 Å². The Kier molecular flexibility index (Phi) is 3.48. The lowest BCUT2D eigenvalue weighted by Gasteiger charge is -2.35. The molecule has 2 aliphatic heterocycles. The molecule has 94 valence electrons. The Labute approximate surface area is 103 Å². The summed E-state index contributed by atoms with van der Waals surface area (Å²) < 4.78 is 5.16. The van der Waals surface area contributed by atoms with Gasteiger partial charge in [0.25, 0.3) is 0 Å². The van der Waals surface area contributed by atoms with Crippen LogP contribution < -0.4 is 0 Å². The number of hydrogen-bond acceptors (Lipinski definition) is 3. The number of rotatable bonds is 2. The SMILES string of the molecule is c1cc(CN2CCCN3CCCCC3C2)co1. The highest BCUT2D eigenvalue weighted by Crippen LogP contribution is 2.21. The van der Waals surface area contributed by atoms with E-state index in [9.17, 15) is 0 Å². The summed E-state index contributed by atoms with van der Waals surface area (Å²) >= 11 is 0. The molecule has 1 aromatic heterocycles. The van der Waals surface area contributed by atoms with Gasteiger partial charge in [0, 0.05) is 24.7 Å². The highest BCUT2D eigenvalue weighted by molar-refractivity contribution is 5.05. The van der Waals surface area contributed by atoms with Crippen LogP contribution in [0.1, 0.15) is 31.2 Å². The molecule has 17 heavy (non-hydrogen) atoms. The van der Waals surface area contributed by atoms with Crippen LogP contribution in [0.2, 0.25) is 0 Å². The van der Waals surface area contributed by atoms with Gasteiger partial charge in [0.2, 0.25) is 0 Å². The Hall–Kier alpha value is -0.800. The second-order valence-electron chi connectivity index (χ2n) is 5.41. The van der Waals surface area contributed by atoms with Crippen LogP contribution in [0.3, 0.4) is 0 Å². The summed E-state index contributed by atoms with van der Waals surface area (Å²) in [6.45, 7) is 6.15. The van der Waals surface area contributed by atoms with Gasteiger partial charge in [-0.15, -0.1) is 0 Å². The van der Waals surface area contributed by atoms with Gasteiger partial charge in [0.1, 0.15) is 0 Å². The predicted molar refractivity (Wildman–Crippen MR) is 67.8 cm³/mol. The minimum Gasteiger partial charge on any atom is -0.472 e. The number of furan rings is 1. The van der Waals surface area contributed by atoms with Crippen molar-refractivity contribution < 1.29 is 4.42 Å². The van der Waals surface area contributed by atoms with E-state index >= 15 is 0 Å². The normalized spacial score (nSPS) is 27.6. The van der Waals surface area contributed by atoms with E-state index in [0.717, 1.165) is 12.6 Å². The standard InChI is InChI=1S/C14H22N2O/c1-2-7-16-8-3-6-15(11-14(16)4-1)10-13-5-9-17-12-13/h5,9,12,14H,1-4,6-8,10-11H2. The third kappa shape index (κ3) is 2.72. The van der Waals surface area contributed by atoms with E-state index in [4.69, 9.17) is 4.42 Å². The van der Waals surface area contributed by atoms with Crippen LogP contribution in [-0.4, -0.2) is 42.0 Å². The third-order valence-corrected chi connectivity index (χ3v) is 4.12. The van der Waals surface area contributed by atoms with Crippen LogP contribution in [0.4, 0.5) is 0 Å². The summed E-state index contributed by atoms with van der Waals surface area (Å²) in [5, 5.41) is 0. The van der Waals surface area contributed by atoms with E-state index in [2.05, 4.69) is 15.9 Å². The number of hydrogen-bond donors (Lipinski definition) is 0. The summed E-state index contributed by atoms with van der Waals surface area (Å²) in [5.74, 6) is 0. The molecule has 3 heteroatoms. The minimum absolute atomic E-state index is 0.804. The summed E-state index contributed by atoms with van der Waals surface area (Å²) in [4.78, 5) is 5.31. The molecule has 1 unspecified atom stereocenters. The molecule has 0 saturated carbocycles. The highest BCUT2D eigenvalue weighted by atomic mass is 16.3. The first kappa shape index (κ1) is 11.3. The molecule has 1 aromatic rings. The molecular formula is C14H22N2O. The van der Waals surface area contributed by atoms with Gasteiger partial charge in [-0.3, -0.25) is 9.80 Å². The fourth-order valence-electron chi connectivity index (χ4n) is 3.23. The molecule has 0 aromatic carbocycles. The average molecular weight is 234 g/mol. The van der Waals surface area contributed by atoms with Gasteiger partial charge in [-0.1, -0.05) is 6.42 Å². The van der Waals surface area contributed by atoms with Gasteiger partial charge in [0.15, 0.2) is 0 Å². The predicted octanol–water partition coefficient (Wildman–Crippen LogP) is 2.34. The molecule has 0 spiro atoms. The smallest absolute Gasteiger partial charge is 0.0947 e. The fourth-order valence-corrected chi connectivity index (χ4v) is 3.23. The van der Waals surface area contributed by atoms with Gasteiger partial charge >= 0.3 is 0 Å². The maximum absolute atomic E-state index is 5.16. The number of piperidine rings is 1. The Bertz CT molecular complexity index is 336. The van der Waals surface area contributed by atoms with E-state index in [1.54, 1.807) is 6.26 Å². The van der Waals surface area contributed by atoms with Gasteiger partial charge in [-0.05, 0) is 45.0 Å². The molecule has 3 rings (SSSR count). The van der Waals surface area contributed by atoms with Gasteiger partial charge in [-0.25, -0.2) is 0 Å². The Morgan fingerprint density at radius 1 is 1.18 bits per heavy atom. The average Bonchev–Trinajstić information content (AvgIpc) is 2.76. The van der Waals surface area contributed by atoms with E-state index in [0.29, 0.717) is 0 Å². The minimum atomic E-state index is 0.804. The van der Waals surface area contributed by atoms with Crippen molar-refractivity contribution in [2.24, 2.45) is 0 Å². The van der Waals surface area contributed by atoms with Crippen molar-refractivity contribution in [1.82, 2.24) is 9.80 Å². The highest BCUT2D eigenvalue weighted by Gasteiger charge is 2.26. The number of nitrogens with zero attached hydrogens (tertiary/aromatic N) is 2. The van der Waals surface area contributed by atoms with E-state index in [-0.39, 0.29) is 0 Å². The van der Waals surface area contributed by atoms with Gasteiger partial charge in [0.05, 0.1) is 12.5 Å². The zero-order chi connectivity index (χ0) is 11.5. The molecule has 0 amide bonds. The van der Waals surface area contributed by atoms with Crippen molar-refractivity contribution in [2.75, 3.05) is 26.2 Å². The van der Waals surface area contributed by atoms with Crippen LogP contribution >= 0.6 is 0 Å². The molecular weight excluding hydrogens is 212 g/mol. The molecule has 0 N–H and O–H groups in total. The van der Waals surface area contributed by atoms with Crippen LogP contribution in [0, 0.1) is 0 Å². The first-order valence-electron chi connectivity index (χ1n) is 6.89. The Morgan fingerprint density at radius 3 is 3.00 bits per heavy atom. The molecule has 1 atom stereocenters. The lowest BCUT2D eigenvalue weighted by Crippen LogP contribution is -2.43. The van der Waals surface area contributed by atoms with Crippen molar-refractivity contribution in [3.63, 3.8) is 0 Å². The van der Waals surface area contributed by atoms with E-state index in [1.807, 2.05) is 6.26 Å². The van der Waals surface area contributed by atoms with Crippen molar-refractivity contribution >= 4 is 0 Å². The number of fused-ring (bicyclic) bond motifs is 1. The summed E-state index contributed by atoms with van der Waals surface area (Å²) in [6.07, 6.45) is 9.18. The van der Waals surface area contributed by atoms with Crippen LogP contribution in [0.25, 0.3) is 0 Å². The van der Waals surface area contributed by atoms with Crippen LogP contribution in [0.15, 0.2) is 23.0 Å².